The molecule has 0 fully saturated rings. The van der Waals surface area contributed by atoms with Crippen molar-refractivity contribution in [1.82, 2.24) is 4.98 Å². The number of hydrogen-bond acceptors (Lipinski definition) is 8. The van der Waals surface area contributed by atoms with E-state index >= 15 is 0 Å². The molecule has 0 radical (unpaired) electrons. The van der Waals surface area contributed by atoms with Crippen molar-refractivity contribution in [3.8, 4) is 22.8 Å². The highest BCUT2D eigenvalue weighted by Gasteiger charge is 2.17. The Morgan fingerprint density at radius 2 is 2.00 bits per heavy atom. The number of rotatable bonds is 4. The average molecular weight is 389 g/mol. The van der Waals surface area contributed by atoms with Crippen LogP contribution in [0.2, 0.25) is 0 Å². The maximum Gasteiger partial charge on any atom is 0.324 e. The number of hydrogen-bond donors (Lipinski definition) is 1. The highest BCUT2D eigenvalue weighted by Crippen LogP contribution is 2.35. The number of benzene rings is 1. The molecule has 0 saturated carbocycles. The average Bonchev–Trinajstić information content (AvgIpc) is 3.31. The number of ether oxygens (including phenoxy) is 2. The molecule has 1 amide bonds. The zero-order chi connectivity index (χ0) is 18.1. The van der Waals surface area contributed by atoms with Crippen LogP contribution in [0.4, 0.5) is 10.1 Å². The molecule has 1 aliphatic rings. The van der Waals surface area contributed by atoms with E-state index in [1.54, 1.807) is 0 Å². The molecule has 132 valence electrons. The number of carbonyl (C=O) groups excluding carboxylic acids is 1. The van der Waals surface area contributed by atoms with Crippen LogP contribution >= 0.6 is 22.7 Å². The summed E-state index contributed by atoms with van der Waals surface area (Å²) < 4.78 is 11.1. The Bertz CT molecular complexity index is 997. The number of carbonyl (C=O) groups is 1. The first-order valence-corrected chi connectivity index (χ1v) is 9.21. The molecule has 1 aromatic carbocycles. The van der Waals surface area contributed by atoms with E-state index in [1.807, 2.05) is 23.6 Å². The lowest BCUT2D eigenvalue weighted by Gasteiger charge is -2.18. The lowest BCUT2D eigenvalue weighted by molar-refractivity contribution is -0.380. The Balaban J connectivity index is 1.50. The van der Waals surface area contributed by atoms with Crippen molar-refractivity contribution in [3.05, 3.63) is 50.7 Å². The fraction of sp³-hybridized carbons (Fsp3) is 0.125. The number of thiazole rings is 1. The highest BCUT2D eigenvalue weighted by molar-refractivity contribution is 7.17. The van der Waals surface area contributed by atoms with Gasteiger partial charge in [-0.25, -0.2) is 4.98 Å². The first-order valence-electron chi connectivity index (χ1n) is 7.51. The number of nitrogens with zero attached hydrogens (tertiary/aromatic N) is 2. The van der Waals surface area contributed by atoms with E-state index in [1.165, 1.54) is 23.5 Å². The molecule has 0 saturated heterocycles. The summed E-state index contributed by atoms with van der Waals surface area (Å²) in [6.07, 6.45) is 0. The van der Waals surface area contributed by atoms with Crippen molar-refractivity contribution in [2.45, 2.75) is 0 Å². The maximum absolute atomic E-state index is 12.2. The largest absolute Gasteiger partial charge is 0.486 e. The van der Waals surface area contributed by atoms with Gasteiger partial charge >= 0.3 is 5.00 Å². The van der Waals surface area contributed by atoms with Crippen LogP contribution in [0.3, 0.4) is 0 Å². The standard InChI is InChI=1S/C16H11N3O5S2/c20-15(13-3-4-14(26-13)19(21)22)18-16-17-10(8-25-16)9-1-2-11-12(7-9)24-6-5-23-11/h1-4,7-8H,5-6H2,(H,17,18,20). The minimum absolute atomic E-state index is 0.0775. The van der Waals surface area contributed by atoms with Crippen LogP contribution in [0.5, 0.6) is 11.5 Å². The fourth-order valence-electron chi connectivity index (χ4n) is 2.37. The quantitative estimate of drug-likeness (QED) is 0.538. The number of nitro groups is 1. The van der Waals surface area contributed by atoms with Gasteiger partial charge in [0, 0.05) is 17.0 Å². The van der Waals surface area contributed by atoms with Gasteiger partial charge < -0.3 is 9.47 Å². The van der Waals surface area contributed by atoms with Gasteiger partial charge in [0.05, 0.1) is 15.5 Å². The lowest BCUT2D eigenvalue weighted by atomic mass is 10.1. The van der Waals surface area contributed by atoms with Crippen molar-refractivity contribution >= 4 is 38.7 Å². The maximum atomic E-state index is 12.2. The third-order valence-electron chi connectivity index (χ3n) is 3.56. The number of nitrogens with one attached hydrogen (secondary N) is 1. The monoisotopic (exact) mass is 389 g/mol. The second kappa shape index (κ2) is 6.73. The summed E-state index contributed by atoms with van der Waals surface area (Å²) in [6, 6.07) is 8.27. The third-order valence-corrected chi connectivity index (χ3v) is 5.35. The van der Waals surface area contributed by atoms with E-state index in [2.05, 4.69) is 10.3 Å². The van der Waals surface area contributed by atoms with E-state index in [9.17, 15) is 14.9 Å². The van der Waals surface area contributed by atoms with Crippen LogP contribution in [-0.2, 0) is 0 Å². The van der Waals surface area contributed by atoms with Gasteiger partial charge in [-0.05, 0) is 24.3 Å². The SMILES string of the molecule is O=C(Nc1nc(-c2ccc3c(c2)OCCO3)cs1)c1ccc([N+](=O)[O-])s1. The zero-order valence-electron chi connectivity index (χ0n) is 13.1. The molecular weight excluding hydrogens is 378 g/mol. The molecule has 0 atom stereocenters. The molecule has 3 aromatic rings. The normalized spacial score (nSPS) is 12.6. The van der Waals surface area contributed by atoms with Crippen molar-refractivity contribution in [1.29, 1.82) is 0 Å². The predicted octanol–water partition coefficient (Wildman–Crippen LogP) is 3.80. The molecule has 26 heavy (non-hydrogen) atoms. The van der Waals surface area contributed by atoms with Gasteiger partial charge in [-0.3, -0.25) is 20.2 Å². The molecule has 2 aromatic heterocycles. The van der Waals surface area contributed by atoms with Crippen molar-refractivity contribution < 1.29 is 19.2 Å². The molecular formula is C16H11N3O5S2. The molecule has 0 unspecified atom stereocenters. The summed E-state index contributed by atoms with van der Waals surface area (Å²) in [7, 11) is 0. The fourth-order valence-corrected chi connectivity index (χ4v) is 3.80. The smallest absolute Gasteiger partial charge is 0.324 e. The molecule has 1 aliphatic heterocycles. The van der Waals surface area contributed by atoms with Crippen molar-refractivity contribution in [2.75, 3.05) is 18.5 Å². The topological polar surface area (TPSA) is 104 Å². The van der Waals surface area contributed by atoms with E-state index < -0.39 is 10.8 Å². The summed E-state index contributed by atoms with van der Waals surface area (Å²) in [5.41, 5.74) is 1.54. The number of anilines is 1. The van der Waals surface area contributed by atoms with Gasteiger partial charge in [0.25, 0.3) is 5.91 Å². The third kappa shape index (κ3) is 3.24. The molecule has 0 aliphatic carbocycles. The second-order valence-corrected chi connectivity index (χ2v) is 7.17. The van der Waals surface area contributed by atoms with Crippen LogP contribution in [0.25, 0.3) is 11.3 Å². The lowest BCUT2D eigenvalue weighted by Crippen LogP contribution is -2.15. The van der Waals surface area contributed by atoms with Crippen molar-refractivity contribution in [3.63, 3.8) is 0 Å². The van der Waals surface area contributed by atoms with Crippen LogP contribution < -0.4 is 14.8 Å². The van der Waals surface area contributed by atoms with Gasteiger partial charge in [0.15, 0.2) is 16.6 Å². The zero-order valence-corrected chi connectivity index (χ0v) is 14.8. The summed E-state index contributed by atoms with van der Waals surface area (Å²) in [6.45, 7) is 1.03. The Morgan fingerprint density at radius 1 is 1.19 bits per heavy atom. The number of thiophene rings is 1. The molecule has 0 spiro atoms. The molecule has 4 rings (SSSR count). The first kappa shape index (κ1) is 16.5. The molecule has 3 heterocycles. The minimum atomic E-state index is -0.523. The Labute approximate surface area is 155 Å². The Hall–Kier alpha value is -2.98. The molecule has 1 N–H and O–H groups in total. The van der Waals surface area contributed by atoms with Gasteiger partial charge in [-0.15, -0.1) is 11.3 Å². The molecule has 8 nitrogen and oxygen atoms in total. The van der Waals surface area contributed by atoms with Crippen LogP contribution in [0, 0.1) is 10.1 Å². The van der Waals surface area contributed by atoms with E-state index in [0.717, 1.165) is 16.9 Å². The minimum Gasteiger partial charge on any atom is -0.486 e. The number of aromatic nitrogens is 1. The summed E-state index contributed by atoms with van der Waals surface area (Å²) >= 11 is 2.10. The van der Waals surface area contributed by atoms with E-state index in [0.29, 0.717) is 35.5 Å². The van der Waals surface area contributed by atoms with E-state index in [4.69, 9.17) is 9.47 Å². The van der Waals surface area contributed by atoms with Crippen LogP contribution in [-0.4, -0.2) is 29.0 Å². The Kier molecular flexibility index (Phi) is 4.27. The summed E-state index contributed by atoms with van der Waals surface area (Å²) in [4.78, 5) is 27.0. The summed E-state index contributed by atoms with van der Waals surface area (Å²) in [5.74, 6) is 0.937. The predicted molar refractivity (Wildman–Crippen MR) is 97.5 cm³/mol. The van der Waals surface area contributed by atoms with Gasteiger partial charge in [0.2, 0.25) is 0 Å². The first-order chi connectivity index (χ1) is 12.6. The highest BCUT2D eigenvalue weighted by atomic mass is 32.1. The van der Waals surface area contributed by atoms with Crippen LogP contribution in [0.15, 0.2) is 35.7 Å². The molecule has 10 heteroatoms. The van der Waals surface area contributed by atoms with E-state index in [-0.39, 0.29) is 9.88 Å². The van der Waals surface area contributed by atoms with Gasteiger partial charge in [-0.1, -0.05) is 11.3 Å². The molecule has 0 bridgehead atoms. The number of amides is 1. The van der Waals surface area contributed by atoms with Gasteiger partial charge in [0.1, 0.15) is 13.2 Å². The van der Waals surface area contributed by atoms with Gasteiger partial charge in [-0.2, -0.15) is 0 Å². The van der Waals surface area contributed by atoms with Crippen molar-refractivity contribution in [2.24, 2.45) is 0 Å². The Morgan fingerprint density at radius 3 is 2.77 bits per heavy atom. The second-order valence-electron chi connectivity index (χ2n) is 5.25. The van der Waals surface area contributed by atoms with Crippen LogP contribution in [0.1, 0.15) is 9.67 Å². The summed E-state index contributed by atoms with van der Waals surface area (Å²) in [5, 5.41) is 15.5. The number of fused-ring (bicyclic) bond motifs is 1.